The summed E-state index contributed by atoms with van der Waals surface area (Å²) in [5.41, 5.74) is 1.52. The van der Waals surface area contributed by atoms with Gasteiger partial charge in [-0.1, -0.05) is 46.3 Å². The number of Topliss-reactive ketones (excluding diaryl/α,β-unsaturated/α-hetero) is 1. The first-order chi connectivity index (χ1) is 9.63. The first kappa shape index (κ1) is 15.1. The van der Waals surface area contributed by atoms with Crippen LogP contribution in [0.2, 0.25) is 0 Å². The Morgan fingerprint density at radius 1 is 1.10 bits per heavy atom. The van der Waals surface area contributed by atoms with Crippen molar-refractivity contribution in [3.8, 4) is 5.75 Å². The smallest absolute Gasteiger partial charge is 0.178 e. The van der Waals surface area contributed by atoms with Gasteiger partial charge < -0.3 is 4.74 Å². The SMILES string of the molecule is COc1ccc(C(=O)[C@H](Br)[C@H](Cl)c2ccccc2)cc1. The maximum Gasteiger partial charge on any atom is 0.178 e. The number of ketones is 1. The molecule has 4 heteroatoms. The van der Waals surface area contributed by atoms with E-state index in [-0.39, 0.29) is 5.78 Å². The molecule has 0 spiro atoms. The number of halogens is 2. The molecule has 2 aromatic rings. The van der Waals surface area contributed by atoms with Crippen LogP contribution in [0.15, 0.2) is 54.6 Å². The molecular formula is C16H14BrClO2. The van der Waals surface area contributed by atoms with E-state index in [0.717, 1.165) is 11.3 Å². The third-order valence-corrected chi connectivity index (χ3v) is 4.75. The van der Waals surface area contributed by atoms with Crippen molar-refractivity contribution in [1.29, 1.82) is 0 Å². The van der Waals surface area contributed by atoms with Crippen LogP contribution in [0.1, 0.15) is 21.3 Å². The quantitative estimate of drug-likeness (QED) is 0.579. The molecule has 0 bridgehead atoms. The number of methoxy groups -OCH3 is 1. The standard InChI is InChI=1S/C16H14BrClO2/c1-20-13-9-7-12(8-10-13)16(19)14(17)15(18)11-5-3-2-4-6-11/h2-10,14-15H,1H3/t14-,15-/m1/s1. The zero-order chi connectivity index (χ0) is 14.5. The fourth-order valence-corrected chi connectivity index (χ4v) is 2.68. The summed E-state index contributed by atoms with van der Waals surface area (Å²) < 4.78 is 5.08. The molecule has 0 heterocycles. The van der Waals surface area contributed by atoms with Gasteiger partial charge in [0.15, 0.2) is 5.78 Å². The number of alkyl halides is 2. The van der Waals surface area contributed by atoms with Crippen molar-refractivity contribution in [2.45, 2.75) is 10.2 Å². The summed E-state index contributed by atoms with van der Waals surface area (Å²) in [6.07, 6.45) is 0. The molecule has 0 fully saturated rings. The summed E-state index contributed by atoms with van der Waals surface area (Å²) in [5, 5.41) is -0.411. The molecule has 2 aromatic carbocycles. The van der Waals surface area contributed by atoms with Gasteiger partial charge in [0.25, 0.3) is 0 Å². The molecule has 0 saturated heterocycles. The van der Waals surface area contributed by atoms with Crippen molar-refractivity contribution in [2.24, 2.45) is 0 Å². The Bertz CT molecular complexity index is 569. The van der Waals surface area contributed by atoms with E-state index in [0.29, 0.717) is 5.56 Å². The minimum atomic E-state index is -0.472. The van der Waals surface area contributed by atoms with E-state index in [1.54, 1.807) is 31.4 Å². The first-order valence-corrected chi connectivity index (χ1v) is 7.50. The molecule has 104 valence electrons. The van der Waals surface area contributed by atoms with Crippen LogP contribution in [-0.2, 0) is 0 Å². The Hall–Kier alpha value is -1.32. The lowest BCUT2D eigenvalue weighted by Crippen LogP contribution is -2.19. The average Bonchev–Trinajstić information content (AvgIpc) is 2.53. The van der Waals surface area contributed by atoms with E-state index < -0.39 is 10.2 Å². The second kappa shape index (κ2) is 6.91. The van der Waals surface area contributed by atoms with Crippen molar-refractivity contribution >= 4 is 33.3 Å². The van der Waals surface area contributed by atoms with Gasteiger partial charge in [0.05, 0.1) is 17.3 Å². The highest BCUT2D eigenvalue weighted by atomic mass is 79.9. The molecule has 2 nitrogen and oxygen atoms in total. The topological polar surface area (TPSA) is 26.3 Å². The number of carbonyl (C=O) groups excluding carboxylic acids is 1. The molecule has 2 rings (SSSR count). The van der Waals surface area contributed by atoms with Gasteiger partial charge in [-0.05, 0) is 29.8 Å². The highest BCUT2D eigenvalue weighted by molar-refractivity contribution is 9.10. The molecule has 0 aliphatic carbocycles. The molecule has 0 saturated carbocycles. The van der Waals surface area contributed by atoms with Crippen molar-refractivity contribution in [2.75, 3.05) is 7.11 Å². The van der Waals surface area contributed by atoms with Gasteiger partial charge in [-0.2, -0.15) is 0 Å². The van der Waals surface area contributed by atoms with Gasteiger partial charge in [0, 0.05) is 5.56 Å². The minimum absolute atomic E-state index is 0.0449. The Labute approximate surface area is 131 Å². The van der Waals surface area contributed by atoms with Gasteiger partial charge >= 0.3 is 0 Å². The number of carbonyl (C=O) groups is 1. The van der Waals surface area contributed by atoms with Crippen molar-refractivity contribution in [3.05, 3.63) is 65.7 Å². The maximum absolute atomic E-state index is 12.4. The molecule has 0 aliphatic rings. The molecule has 0 aliphatic heterocycles. The number of hydrogen-bond donors (Lipinski definition) is 0. The number of ether oxygens (including phenoxy) is 1. The highest BCUT2D eigenvalue weighted by Crippen LogP contribution is 2.31. The zero-order valence-electron chi connectivity index (χ0n) is 10.9. The number of benzene rings is 2. The van der Waals surface area contributed by atoms with Gasteiger partial charge in [-0.25, -0.2) is 0 Å². The molecule has 0 aromatic heterocycles. The second-order valence-electron chi connectivity index (χ2n) is 4.31. The van der Waals surface area contributed by atoms with Crippen LogP contribution in [-0.4, -0.2) is 17.7 Å². The second-order valence-corrected chi connectivity index (χ2v) is 5.76. The lowest BCUT2D eigenvalue weighted by atomic mass is 10.0. The van der Waals surface area contributed by atoms with E-state index >= 15 is 0 Å². The summed E-state index contributed by atoms with van der Waals surface area (Å²) in [4.78, 5) is 11.9. The van der Waals surface area contributed by atoms with Gasteiger partial charge in [0.1, 0.15) is 5.75 Å². The van der Waals surface area contributed by atoms with Crippen molar-refractivity contribution in [3.63, 3.8) is 0 Å². The van der Waals surface area contributed by atoms with Crippen LogP contribution in [0.3, 0.4) is 0 Å². The molecule has 0 N–H and O–H groups in total. The molecule has 0 unspecified atom stereocenters. The van der Waals surface area contributed by atoms with E-state index in [9.17, 15) is 4.79 Å². The third kappa shape index (κ3) is 3.41. The third-order valence-electron chi connectivity index (χ3n) is 3.00. The first-order valence-electron chi connectivity index (χ1n) is 6.15. The lowest BCUT2D eigenvalue weighted by Gasteiger charge is -2.16. The Kier molecular flexibility index (Phi) is 5.21. The van der Waals surface area contributed by atoms with E-state index in [1.807, 2.05) is 30.3 Å². The summed E-state index contributed by atoms with van der Waals surface area (Å²) in [6.45, 7) is 0. The normalized spacial score (nSPS) is 13.6. The van der Waals surface area contributed by atoms with Crippen LogP contribution in [0.5, 0.6) is 5.75 Å². The summed E-state index contributed by atoms with van der Waals surface area (Å²) in [5.74, 6) is 0.676. The van der Waals surface area contributed by atoms with E-state index in [4.69, 9.17) is 16.3 Å². The van der Waals surface area contributed by atoms with Crippen LogP contribution in [0, 0.1) is 0 Å². The maximum atomic E-state index is 12.4. The monoisotopic (exact) mass is 352 g/mol. The fraction of sp³-hybridized carbons (Fsp3) is 0.188. The zero-order valence-corrected chi connectivity index (χ0v) is 13.3. The van der Waals surface area contributed by atoms with Gasteiger partial charge in [-0.3, -0.25) is 4.79 Å². The Morgan fingerprint density at radius 3 is 2.25 bits per heavy atom. The molecule has 20 heavy (non-hydrogen) atoms. The Morgan fingerprint density at radius 2 is 1.70 bits per heavy atom. The minimum Gasteiger partial charge on any atom is -0.497 e. The number of hydrogen-bond acceptors (Lipinski definition) is 2. The summed E-state index contributed by atoms with van der Waals surface area (Å²) in [7, 11) is 1.59. The van der Waals surface area contributed by atoms with Crippen LogP contribution in [0.4, 0.5) is 0 Å². The largest absolute Gasteiger partial charge is 0.497 e. The molecule has 2 atom stereocenters. The van der Waals surface area contributed by atoms with Crippen LogP contribution < -0.4 is 4.74 Å². The Balaban J connectivity index is 2.15. The van der Waals surface area contributed by atoms with Gasteiger partial charge in [-0.15, -0.1) is 11.6 Å². The van der Waals surface area contributed by atoms with Crippen LogP contribution >= 0.6 is 27.5 Å². The van der Waals surface area contributed by atoms with E-state index in [1.165, 1.54) is 0 Å². The lowest BCUT2D eigenvalue weighted by molar-refractivity contribution is 0.0990. The fourth-order valence-electron chi connectivity index (χ4n) is 1.85. The molecule has 0 amide bonds. The van der Waals surface area contributed by atoms with Crippen molar-refractivity contribution < 1.29 is 9.53 Å². The summed E-state index contributed by atoms with van der Waals surface area (Å²) in [6, 6.07) is 16.6. The highest BCUT2D eigenvalue weighted by Gasteiger charge is 2.26. The number of rotatable bonds is 5. The van der Waals surface area contributed by atoms with Gasteiger partial charge in [0.2, 0.25) is 0 Å². The average molecular weight is 354 g/mol. The van der Waals surface area contributed by atoms with Crippen molar-refractivity contribution in [1.82, 2.24) is 0 Å². The van der Waals surface area contributed by atoms with E-state index in [2.05, 4.69) is 15.9 Å². The predicted molar refractivity (Wildman–Crippen MR) is 85.1 cm³/mol. The molecule has 0 radical (unpaired) electrons. The predicted octanol–water partition coefficient (Wildman–Crippen LogP) is 4.62. The van der Waals surface area contributed by atoms with Crippen LogP contribution in [0.25, 0.3) is 0 Å². The summed E-state index contributed by atoms with van der Waals surface area (Å²) >= 11 is 9.77. The molecular weight excluding hydrogens is 340 g/mol.